The number of unbranched alkanes of at least 4 members (excludes halogenated alkanes) is 1. The topological polar surface area (TPSA) is 49.9 Å². The van der Waals surface area contributed by atoms with Gasteiger partial charge in [-0.1, -0.05) is 43.7 Å². The number of hydrogen-bond acceptors (Lipinski definition) is 4. The van der Waals surface area contributed by atoms with Crippen LogP contribution in [0.4, 0.5) is 0 Å². The van der Waals surface area contributed by atoms with Gasteiger partial charge in [-0.25, -0.2) is 0 Å². The van der Waals surface area contributed by atoms with Gasteiger partial charge in [0.15, 0.2) is 0 Å². The molecule has 2 atom stereocenters. The number of rotatable bonds is 9. The molecule has 2 unspecified atom stereocenters. The summed E-state index contributed by atoms with van der Waals surface area (Å²) in [6, 6.07) is 15.8. The van der Waals surface area contributed by atoms with E-state index >= 15 is 0 Å². The molecule has 1 aliphatic heterocycles. The molecule has 0 aliphatic carbocycles. The number of hydrogen-bond donors (Lipinski definition) is 0. The Balaban J connectivity index is 1.89. The SMILES string of the molecule is CCCCN1C(=O)CCC(C(=O)N(C)Cc2ccc(SC)cc2)C1c1ccccc1OC. The zero-order valence-electron chi connectivity index (χ0n) is 19.5. The Morgan fingerprint density at radius 1 is 1.19 bits per heavy atom. The zero-order valence-corrected chi connectivity index (χ0v) is 20.4. The number of methoxy groups -OCH3 is 1. The molecule has 1 heterocycles. The van der Waals surface area contributed by atoms with Crippen molar-refractivity contribution in [2.75, 3.05) is 27.0 Å². The lowest BCUT2D eigenvalue weighted by molar-refractivity contribution is -0.147. The first-order valence-electron chi connectivity index (χ1n) is 11.3. The van der Waals surface area contributed by atoms with E-state index in [0.717, 1.165) is 29.7 Å². The number of amides is 2. The molecule has 32 heavy (non-hydrogen) atoms. The van der Waals surface area contributed by atoms with Crippen LogP contribution in [0.1, 0.15) is 49.8 Å². The summed E-state index contributed by atoms with van der Waals surface area (Å²) >= 11 is 1.70. The number of benzene rings is 2. The highest BCUT2D eigenvalue weighted by molar-refractivity contribution is 7.98. The van der Waals surface area contributed by atoms with Crippen LogP contribution in [0.2, 0.25) is 0 Å². The Bertz CT molecular complexity index is 916. The van der Waals surface area contributed by atoms with E-state index in [0.29, 0.717) is 25.9 Å². The standard InChI is InChI=1S/C26H34N2O3S/c1-5-6-17-28-24(29)16-15-22(25(28)21-9-7-8-10-23(21)31-3)26(30)27(2)18-19-11-13-20(32-4)14-12-19/h7-14,22,25H,5-6,15-18H2,1-4H3. The minimum absolute atomic E-state index is 0.0730. The van der Waals surface area contributed by atoms with Gasteiger partial charge in [-0.05, 0) is 42.9 Å². The Labute approximate surface area is 196 Å². The smallest absolute Gasteiger partial charge is 0.228 e. The molecule has 2 aromatic carbocycles. The summed E-state index contributed by atoms with van der Waals surface area (Å²) in [5.74, 6) is 0.621. The van der Waals surface area contributed by atoms with Crippen molar-refractivity contribution in [1.82, 2.24) is 9.80 Å². The summed E-state index contributed by atoms with van der Waals surface area (Å²) in [6.45, 7) is 3.32. The van der Waals surface area contributed by atoms with E-state index in [2.05, 4.69) is 37.4 Å². The highest BCUT2D eigenvalue weighted by atomic mass is 32.2. The van der Waals surface area contributed by atoms with Crippen LogP contribution in [0.15, 0.2) is 53.4 Å². The van der Waals surface area contributed by atoms with Crippen LogP contribution in [-0.2, 0) is 16.1 Å². The van der Waals surface area contributed by atoms with Crippen molar-refractivity contribution in [2.24, 2.45) is 5.92 Å². The van der Waals surface area contributed by atoms with Crippen molar-refractivity contribution in [1.29, 1.82) is 0 Å². The molecule has 1 saturated heterocycles. The molecule has 0 bridgehead atoms. The molecule has 0 radical (unpaired) electrons. The molecular formula is C26H34N2O3S. The van der Waals surface area contributed by atoms with E-state index in [4.69, 9.17) is 4.74 Å². The van der Waals surface area contributed by atoms with E-state index in [9.17, 15) is 9.59 Å². The Morgan fingerprint density at radius 3 is 2.56 bits per heavy atom. The maximum absolute atomic E-state index is 13.7. The highest BCUT2D eigenvalue weighted by Crippen LogP contribution is 2.41. The monoisotopic (exact) mass is 454 g/mol. The average molecular weight is 455 g/mol. The predicted molar refractivity (Wildman–Crippen MR) is 130 cm³/mol. The minimum atomic E-state index is -0.312. The maximum atomic E-state index is 13.7. The fraction of sp³-hybridized carbons (Fsp3) is 0.462. The summed E-state index contributed by atoms with van der Waals surface area (Å²) in [6.07, 6.45) is 4.92. The fourth-order valence-electron chi connectivity index (χ4n) is 4.46. The van der Waals surface area contributed by atoms with Gasteiger partial charge in [-0.3, -0.25) is 9.59 Å². The predicted octanol–water partition coefficient (Wildman–Crippen LogP) is 5.16. The molecule has 172 valence electrons. The van der Waals surface area contributed by atoms with Gasteiger partial charge in [0.1, 0.15) is 5.75 Å². The molecule has 1 aliphatic rings. The molecule has 1 fully saturated rings. The lowest BCUT2D eigenvalue weighted by Crippen LogP contribution is -2.48. The van der Waals surface area contributed by atoms with Gasteiger partial charge in [-0.15, -0.1) is 11.8 Å². The number of para-hydroxylation sites is 1. The third-order valence-corrected chi connectivity index (χ3v) is 6.93. The van der Waals surface area contributed by atoms with Crippen molar-refractivity contribution >= 4 is 23.6 Å². The van der Waals surface area contributed by atoms with Crippen LogP contribution >= 0.6 is 11.8 Å². The van der Waals surface area contributed by atoms with E-state index in [-0.39, 0.29) is 23.8 Å². The Morgan fingerprint density at radius 2 is 1.91 bits per heavy atom. The molecule has 0 aromatic heterocycles. The average Bonchev–Trinajstić information content (AvgIpc) is 2.83. The largest absolute Gasteiger partial charge is 0.496 e. The van der Waals surface area contributed by atoms with Crippen molar-refractivity contribution in [3.05, 3.63) is 59.7 Å². The summed E-state index contributed by atoms with van der Waals surface area (Å²) in [5.41, 5.74) is 2.01. The normalized spacial score (nSPS) is 18.5. The number of thioether (sulfide) groups is 1. The van der Waals surface area contributed by atoms with Crippen LogP contribution in [0.5, 0.6) is 5.75 Å². The maximum Gasteiger partial charge on any atom is 0.228 e. The first-order chi connectivity index (χ1) is 15.5. The highest BCUT2D eigenvalue weighted by Gasteiger charge is 2.42. The van der Waals surface area contributed by atoms with Crippen LogP contribution in [0.3, 0.4) is 0 Å². The second kappa shape index (κ2) is 11.4. The number of carbonyl (C=O) groups excluding carboxylic acids is 2. The van der Waals surface area contributed by atoms with Crippen LogP contribution in [0, 0.1) is 5.92 Å². The van der Waals surface area contributed by atoms with Crippen LogP contribution in [0.25, 0.3) is 0 Å². The first kappa shape index (κ1) is 24.2. The van der Waals surface area contributed by atoms with E-state index in [1.165, 1.54) is 4.90 Å². The van der Waals surface area contributed by atoms with E-state index in [1.807, 2.05) is 36.2 Å². The van der Waals surface area contributed by atoms with Crippen LogP contribution in [-0.4, -0.2) is 48.6 Å². The van der Waals surface area contributed by atoms with Crippen molar-refractivity contribution in [3.63, 3.8) is 0 Å². The van der Waals surface area contributed by atoms with Gasteiger partial charge < -0.3 is 14.5 Å². The number of ether oxygens (including phenoxy) is 1. The lowest BCUT2D eigenvalue weighted by Gasteiger charge is -2.42. The van der Waals surface area contributed by atoms with Gasteiger partial charge in [0.25, 0.3) is 0 Å². The fourth-order valence-corrected chi connectivity index (χ4v) is 4.87. The summed E-state index contributed by atoms with van der Waals surface area (Å²) in [4.78, 5) is 31.5. The number of piperidine rings is 1. The molecular weight excluding hydrogens is 420 g/mol. The summed E-state index contributed by atoms with van der Waals surface area (Å²) < 4.78 is 5.63. The van der Waals surface area contributed by atoms with Gasteiger partial charge >= 0.3 is 0 Å². The first-order valence-corrected chi connectivity index (χ1v) is 12.5. The molecule has 5 nitrogen and oxygen atoms in total. The third-order valence-electron chi connectivity index (χ3n) is 6.19. The third kappa shape index (κ3) is 5.47. The molecule has 0 spiro atoms. The van der Waals surface area contributed by atoms with Gasteiger partial charge in [0.2, 0.25) is 11.8 Å². The van der Waals surface area contributed by atoms with E-state index < -0.39 is 0 Å². The Kier molecular flexibility index (Phi) is 8.62. The van der Waals surface area contributed by atoms with Gasteiger partial charge in [-0.2, -0.15) is 0 Å². The second-order valence-corrected chi connectivity index (χ2v) is 9.19. The second-order valence-electron chi connectivity index (χ2n) is 8.32. The van der Waals surface area contributed by atoms with E-state index in [1.54, 1.807) is 23.8 Å². The minimum Gasteiger partial charge on any atom is -0.496 e. The summed E-state index contributed by atoms with van der Waals surface area (Å²) in [5, 5.41) is 0. The van der Waals surface area contributed by atoms with Gasteiger partial charge in [0, 0.05) is 37.0 Å². The summed E-state index contributed by atoms with van der Waals surface area (Å²) in [7, 11) is 3.50. The number of nitrogens with zero attached hydrogens (tertiary/aromatic N) is 2. The van der Waals surface area contributed by atoms with Crippen LogP contribution < -0.4 is 4.74 Å². The molecule has 2 aromatic rings. The quantitative estimate of drug-likeness (QED) is 0.492. The van der Waals surface area contributed by atoms with Crippen molar-refractivity contribution < 1.29 is 14.3 Å². The zero-order chi connectivity index (χ0) is 23.1. The molecule has 2 amide bonds. The molecule has 3 rings (SSSR count). The molecule has 6 heteroatoms. The Hall–Kier alpha value is -2.47. The lowest BCUT2D eigenvalue weighted by atomic mass is 9.82. The van der Waals surface area contributed by atoms with Gasteiger partial charge in [0.05, 0.1) is 19.1 Å². The molecule has 0 saturated carbocycles. The van der Waals surface area contributed by atoms with Crippen molar-refractivity contribution in [3.8, 4) is 5.75 Å². The number of likely N-dealkylation sites (tertiary alicyclic amines) is 1. The molecule has 0 N–H and O–H groups in total. The van der Waals surface area contributed by atoms with Crippen molar-refractivity contribution in [2.45, 2.75) is 50.1 Å². The number of carbonyl (C=O) groups is 2.